The monoisotopic (exact) mass is 381 g/mol. The quantitative estimate of drug-likeness (QED) is 0.220. The van der Waals surface area contributed by atoms with E-state index in [0.29, 0.717) is 0 Å². The van der Waals surface area contributed by atoms with E-state index in [1.54, 1.807) is 0 Å². The van der Waals surface area contributed by atoms with Crippen molar-refractivity contribution >= 4 is 32.6 Å². The topological polar surface area (TPSA) is 12.9 Å². The van der Waals surface area contributed by atoms with Crippen molar-refractivity contribution in [1.29, 1.82) is 0 Å². The normalized spacial score (nSPS) is 11.3. The van der Waals surface area contributed by atoms with E-state index in [1.165, 1.54) is 43.8 Å². The summed E-state index contributed by atoms with van der Waals surface area (Å²) in [7, 11) is 0. The second kappa shape index (κ2) is 6.82. The standard InChI is InChI=1S/C29H19N/c1-2-8-20(9-3-1)21-14-16-23(17-15-21)28-25-12-6-7-13-27(25)30-29-24-11-5-4-10-22(24)18-19-26(28)29/h1-19H. The summed E-state index contributed by atoms with van der Waals surface area (Å²) in [6.07, 6.45) is 0. The first-order chi connectivity index (χ1) is 14.9. The summed E-state index contributed by atoms with van der Waals surface area (Å²) in [6.45, 7) is 0. The third kappa shape index (κ3) is 2.67. The van der Waals surface area contributed by atoms with Crippen molar-refractivity contribution in [2.24, 2.45) is 0 Å². The summed E-state index contributed by atoms with van der Waals surface area (Å²) < 4.78 is 0. The molecule has 0 aliphatic heterocycles. The number of pyridine rings is 1. The summed E-state index contributed by atoms with van der Waals surface area (Å²) in [6, 6.07) is 40.8. The molecule has 6 aromatic rings. The maximum Gasteiger partial charge on any atom is 0.0794 e. The van der Waals surface area contributed by atoms with E-state index in [0.717, 1.165) is 11.0 Å². The number of hydrogen-bond donors (Lipinski definition) is 0. The van der Waals surface area contributed by atoms with Crippen LogP contribution in [0.3, 0.4) is 0 Å². The summed E-state index contributed by atoms with van der Waals surface area (Å²) in [4.78, 5) is 5.06. The number of benzene rings is 5. The van der Waals surface area contributed by atoms with Gasteiger partial charge >= 0.3 is 0 Å². The van der Waals surface area contributed by atoms with Crippen LogP contribution in [-0.4, -0.2) is 4.98 Å². The Hall–Kier alpha value is -3.97. The molecule has 0 N–H and O–H groups in total. The van der Waals surface area contributed by atoms with Gasteiger partial charge in [-0.3, -0.25) is 0 Å². The van der Waals surface area contributed by atoms with Crippen LogP contribution in [0.1, 0.15) is 0 Å². The van der Waals surface area contributed by atoms with Gasteiger partial charge < -0.3 is 0 Å². The van der Waals surface area contributed by atoms with Crippen LogP contribution >= 0.6 is 0 Å². The van der Waals surface area contributed by atoms with Crippen LogP contribution in [0.15, 0.2) is 115 Å². The molecule has 140 valence electrons. The number of hydrogen-bond acceptors (Lipinski definition) is 1. The van der Waals surface area contributed by atoms with E-state index >= 15 is 0 Å². The zero-order valence-corrected chi connectivity index (χ0v) is 16.4. The molecule has 0 aliphatic rings. The highest BCUT2D eigenvalue weighted by atomic mass is 14.7. The smallest absolute Gasteiger partial charge is 0.0794 e. The molecule has 0 atom stereocenters. The number of fused-ring (bicyclic) bond motifs is 4. The lowest BCUT2D eigenvalue weighted by Crippen LogP contribution is -1.90. The van der Waals surface area contributed by atoms with Gasteiger partial charge in [0, 0.05) is 21.7 Å². The van der Waals surface area contributed by atoms with Gasteiger partial charge in [-0.05, 0) is 28.1 Å². The molecule has 1 heteroatoms. The van der Waals surface area contributed by atoms with Crippen LogP contribution in [0, 0.1) is 0 Å². The Balaban J connectivity index is 1.65. The van der Waals surface area contributed by atoms with Crippen LogP contribution in [0.2, 0.25) is 0 Å². The fraction of sp³-hybridized carbons (Fsp3) is 0. The molecule has 0 aliphatic carbocycles. The van der Waals surface area contributed by atoms with Crippen molar-refractivity contribution < 1.29 is 0 Å². The third-order valence-corrected chi connectivity index (χ3v) is 5.86. The Morgan fingerprint density at radius 2 is 1.03 bits per heavy atom. The van der Waals surface area contributed by atoms with Gasteiger partial charge in [0.2, 0.25) is 0 Å². The van der Waals surface area contributed by atoms with Crippen molar-refractivity contribution in [1.82, 2.24) is 4.98 Å². The first-order valence-corrected chi connectivity index (χ1v) is 10.2. The van der Waals surface area contributed by atoms with Gasteiger partial charge in [0.05, 0.1) is 11.0 Å². The fourth-order valence-corrected chi connectivity index (χ4v) is 4.40. The fourth-order valence-electron chi connectivity index (χ4n) is 4.40. The molecule has 0 radical (unpaired) electrons. The Morgan fingerprint density at radius 1 is 0.400 bits per heavy atom. The molecule has 0 fully saturated rings. The molecule has 1 aromatic heterocycles. The van der Waals surface area contributed by atoms with Crippen LogP contribution < -0.4 is 0 Å². The van der Waals surface area contributed by atoms with E-state index in [9.17, 15) is 0 Å². The molecule has 0 bridgehead atoms. The predicted molar refractivity (Wildman–Crippen MR) is 128 cm³/mol. The lowest BCUT2D eigenvalue weighted by molar-refractivity contribution is 1.51. The second-order valence-corrected chi connectivity index (χ2v) is 7.63. The first kappa shape index (κ1) is 16.9. The molecule has 0 unspecified atom stereocenters. The molecule has 0 saturated carbocycles. The number of para-hydroxylation sites is 1. The Kier molecular flexibility index (Phi) is 3.85. The van der Waals surface area contributed by atoms with Gasteiger partial charge in [0.25, 0.3) is 0 Å². The SMILES string of the molecule is c1ccc(-c2ccc(-c3c4ccccc4nc4c3ccc3ccccc34)cc2)cc1. The van der Waals surface area contributed by atoms with Crippen LogP contribution in [0.5, 0.6) is 0 Å². The average molecular weight is 381 g/mol. The van der Waals surface area contributed by atoms with E-state index in [2.05, 4.69) is 115 Å². The average Bonchev–Trinajstić information content (AvgIpc) is 2.83. The summed E-state index contributed by atoms with van der Waals surface area (Å²) in [5.74, 6) is 0. The van der Waals surface area contributed by atoms with Crippen molar-refractivity contribution in [3.05, 3.63) is 115 Å². The lowest BCUT2D eigenvalue weighted by Gasteiger charge is -2.13. The number of nitrogens with zero attached hydrogens (tertiary/aromatic N) is 1. The van der Waals surface area contributed by atoms with Crippen LogP contribution in [0.4, 0.5) is 0 Å². The highest BCUT2D eigenvalue weighted by molar-refractivity contribution is 6.16. The molecular formula is C29H19N. The highest BCUT2D eigenvalue weighted by Crippen LogP contribution is 2.38. The maximum absolute atomic E-state index is 5.06. The number of rotatable bonds is 2. The Bertz CT molecular complexity index is 1510. The van der Waals surface area contributed by atoms with Gasteiger partial charge in [-0.1, -0.05) is 109 Å². The Morgan fingerprint density at radius 3 is 1.87 bits per heavy atom. The predicted octanol–water partition coefficient (Wildman–Crippen LogP) is 7.88. The van der Waals surface area contributed by atoms with Crippen molar-refractivity contribution in [3.63, 3.8) is 0 Å². The van der Waals surface area contributed by atoms with Crippen molar-refractivity contribution in [3.8, 4) is 22.3 Å². The summed E-state index contributed by atoms with van der Waals surface area (Å²) in [5.41, 5.74) is 7.03. The summed E-state index contributed by atoms with van der Waals surface area (Å²) >= 11 is 0. The molecular weight excluding hydrogens is 362 g/mol. The molecule has 6 rings (SSSR count). The minimum absolute atomic E-state index is 1.03. The Labute approximate surface area is 175 Å². The molecule has 0 amide bonds. The van der Waals surface area contributed by atoms with Gasteiger partial charge in [-0.15, -0.1) is 0 Å². The molecule has 0 saturated heterocycles. The molecule has 1 nitrogen and oxygen atoms in total. The van der Waals surface area contributed by atoms with Gasteiger partial charge in [-0.25, -0.2) is 4.98 Å². The lowest BCUT2D eigenvalue weighted by atomic mass is 9.93. The zero-order chi connectivity index (χ0) is 19.9. The van der Waals surface area contributed by atoms with Crippen molar-refractivity contribution in [2.75, 3.05) is 0 Å². The molecule has 1 heterocycles. The minimum atomic E-state index is 1.03. The maximum atomic E-state index is 5.06. The molecule has 0 spiro atoms. The van der Waals surface area contributed by atoms with Gasteiger partial charge in [0.15, 0.2) is 0 Å². The van der Waals surface area contributed by atoms with Crippen molar-refractivity contribution in [2.45, 2.75) is 0 Å². The number of aromatic nitrogens is 1. The molecule has 30 heavy (non-hydrogen) atoms. The van der Waals surface area contributed by atoms with Gasteiger partial charge in [0.1, 0.15) is 0 Å². The first-order valence-electron chi connectivity index (χ1n) is 10.2. The third-order valence-electron chi connectivity index (χ3n) is 5.86. The second-order valence-electron chi connectivity index (χ2n) is 7.63. The van der Waals surface area contributed by atoms with E-state index in [4.69, 9.17) is 4.98 Å². The van der Waals surface area contributed by atoms with Crippen LogP contribution in [-0.2, 0) is 0 Å². The summed E-state index contributed by atoms with van der Waals surface area (Å²) in [5, 5.41) is 4.80. The van der Waals surface area contributed by atoms with E-state index in [1.807, 2.05) is 0 Å². The highest BCUT2D eigenvalue weighted by Gasteiger charge is 2.13. The van der Waals surface area contributed by atoms with Crippen LogP contribution in [0.25, 0.3) is 54.8 Å². The molecule has 5 aromatic carbocycles. The minimum Gasteiger partial charge on any atom is -0.247 e. The van der Waals surface area contributed by atoms with E-state index < -0.39 is 0 Å². The van der Waals surface area contributed by atoms with Gasteiger partial charge in [-0.2, -0.15) is 0 Å². The largest absolute Gasteiger partial charge is 0.247 e. The van der Waals surface area contributed by atoms with E-state index in [-0.39, 0.29) is 0 Å². The zero-order valence-electron chi connectivity index (χ0n) is 16.4.